The van der Waals surface area contributed by atoms with Crippen LogP contribution >= 0.6 is 0 Å². The monoisotopic (exact) mass is 424 g/mol. The summed E-state index contributed by atoms with van der Waals surface area (Å²) in [7, 11) is -3.65. The first-order chi connectivity index (χ1) is 14.1. The number of benzene rings is 3. The van der Waals surface area contributed by atoms with Crippen molar-refractivity contribution < 1.29 is 13.2 Å². The molecule has 1 atom stereocenters. The van der Waals surface area contributed by atoms with Gasteiger partial charge in [-0.25, -0.2) is 8.42 Å². The van der Waals surface area contributed by atoms with Gasteiger partial charge in [-0.2, -0.15) is 0 Å². The molecule has 0 aliphatic heterocycles. The van der Waals surface area contributed by atoms with Crippen LogP contribution in [0.1, 0.15) is 35.2 Å². The Morgan fingerprint density at radius 2 is 1.60 bits per heavy atom. The van der Waals surface area contributed by atoms with Crippen LogP contribution in [0.25, 0.3) is 10.8 Å². The highest BCUT2D eigenvalue weighted by atomic mass is 32.2. The number of nitrogens with one attached hydrogen (secondary N) is 1. The molecule has 0 radical (unpaired) electrons. The number of sulfonamides is 1. The molecule has 0 bridgehead atoms. The first kappa shape index (κ1) is 21.8. The average molecular weight is 425 g/mol. The van der Waals surface area contributed by atoms with Crippen molar-refractivity contribution in [1.29, 1.82) is 0 Å². The van der Waals surface area contributed by atoms with Crippen molar-refractivity contribution in [2.75, 3.05) is 17.1 Å². The van der Waals surface area contributed by atoms with Gasteiger partial charge in [0.15, 0.2) is 0 Å². The smallest absolute Gasteiger partial charge is 0.241 e. The summed E-state index contributed by atoms with van der Waals surface area (Å²) in [6, 6.07) is 16.9. The van der Waals surface area contributed by atoms with Gasteiger partial charge in [-0.15, -0.1) is 0 Å². The number of rotatable bonds is 6. The van der Waals surface area contributed by atoms with E-state index >= 15 is 0 Å². The molecule has 3 rings (SSSR count). The van der Waals surface area contributed by atoms with Crippen LogP contribution in [-0.4, -0.2) is 27.1 Å². The highest BCUT2D eigenvalue weighted by molar-refractivity contribution is 7.92. The second-order valence-corrected chi connectivity index (χ2v) is 9.76. The Bertz CT molecular complexity index is 1200. The summed E-state index contributed by atoms with van der Waals surface area (Å²) in [4.78, 5) is 12.8. The van der Waals surface area contributed by atoms with E-state index in [-0.39, 0.29) is 18.5 Å². The Labute approximate surface area is 178 Å². The molecule has 5 nitrogen and oxygen atoms in total. The summed E-state index contributed by atoms with van der Waals surface area (Å²) < 4.78 is 26.3. The number of carbonyl (C=O) groups excluding carboxylic acids is 1. The summed E-state index contributed by atoms with van der Waals surface area (Å²) in [5.41, 5.74) is 4.99. The lowest BCUT2D eigenvalue weighted by atomic mass is 9.96. The molecule has 6 heteroatoms. The summed E-state index contributed by atoms with van der Waals surface area (Å²) >= 11 is 0. The van der Waals surface area contributed by atoms with Gasteiger partial charge in [-0.1, -0.05) is 48.5 Å². The van der Waals surface area contributed by atoms with Crippen LogP contribution in [0.5, 0.6) is 0 Å². The molecular formula is C24H28N2O3S. The van der Waals surface area contributed by atoms with Gasteiger partial charge in [-0.05, 0) is 61.4 Å². The molecule has 1 N–H and O–H groups in total. The van der Waals surface area contributed by atoms with Crippen LogP contribution in [-0.2, 0) is 14.8 Å². The van der Waals surface area contributed by atoms with E-state index in [0.29, 0.717) is 5.69 Å². The highest BCUT2D eigenvalue weighted by Crippen LogP contribution is 2.28. The Balaban J connectivity index is 1.88. The zero-order valence-corrected chi connectivity index (χ0v) is 18.9. The summed E-state index contributed by atoms with van der Waals surface area (Å²) in [6.07, 6.45) is 1.12. The van der Waals surface area contributed by atoms with Gasteiger partial charge in [0.25, 0.3) is 0 Å². The molecule has 3 aromatic carbocycles. The molecule has 0 aliphatic carbocycles. The summed E-state index contributed by atoms with van der Waals surface area (Å²) in [5, 5.41) is 4.67. The number of aryl methyl sites for hydroxylation is 3. The third-order valence-corrected chi connectivity index (χ3v) is 6.58. The van der Waals surface area contributed by atoms with E-state index in [1.54, 1.807) is 12.1 Å². The fraction of sp³-hybridized carbons (Fsp3) is 0.292. The Morgan fingerprint density at radius 1 is 0.967 bits per heavy atom. The lowest BCUT2D eigenvalue weighted by molar-refractivity contribution is -0.120. The van der Waals surface area contributed by atoms with Crippen molar-refractivity contribution in [1.82, 2.24) is 5.32 Å². The van der Waals surface area contributed by atoms with Crippen molar-refractivity contribution in [3.63, 3.8) is 0 Å². The number of anilines is 1. The second-order valence-electron chi connectivity index (χ2n) is 7.85. The summed E-state index contributed by atoms with van der Waals surface area (Å²) in [5.74, 6) is -0.349. The fourth-order valence-corrected chi connectivity index (χ4v) is 4.62. The Morgan fingerprint density at radius 3 is 2.30 bits per heavy atom. The molecule has 3 aromatic rings. The van der Waals surface area contributed by atoms with Gasteiger partial charge in [0.2, 0.25) is 15.9 Å². The van der Waals surface area contributed by atoms with Gasteiger partial charge < -0.3 is 5.32 Å². The number of hydrogen-bond acceptors (Lipinski definition) is 3. The van der Waals surface area contributed by atoms with Crippen molar-refractivity contribution in [3.05, 3.63) is 76.9 Å². The van der Waals surface area contributed by atoms with Crippen LogP contribution in [0, 0.1) is 20.8 Å². The third kappa shape index (κ3) is 4.65. The first-order valence-corrected chi connectivity index (χ1v) is 11.8. The molecule has 1 amide bonds. The second kappa shape index (κ2) is 8.48. The maximum absolute atomic E-state index is 12.8. The number of amides is 1. The zero-order chi connectivity index (χ0) is 22.1. The topological polar surface area (TPSA) is 66.5 Å². The molecule has 0 saturated carbocycles. The molecule has 158 valence electrons. The molecular weight excluding hydrogens is 396 g/mol. The normalized spacial score (nSPS) is 12.6. The third-order valence-electron chi connectivity index (χ3n) is 5.45. The molecule has 0 spiro atoms. The minimum Gasteiger partial charge on any atom is -0.348 e. The Kier molecular flexibility index (Phi) is 6.17. The maximum atomic E-state index is 12.8. The predicted octanol–water partition coefficient (Wildman–Crippen LogP) is 4.41. The van der Waals surface area contributed by atoms with Gasteiger partial charge in [0.05, 0.1) is 18.0 Å². The van der Waals surface area contributed by atoms with Crippen LogP contribution in [0.15, 0.2) is 54.6 Å². The lowest BCUT2D eigenvalue weighted by Gasteiger charge is -2.25. The molecule has 0 saturated heterocycles. The summed E-state index contributed by atoms with van der Waals surface area (Å²) in [6.45, 7) is 7.75. The number of carbonyl (C=O) groups is 1. The molecule has 30 heavy (non-hydrogen) atoms. The highest BCUT2D eigenvalue weighted by Gasteiger charge is 2.23. The van der Waals surface area contributed by atoms with E-state index in [4.69, 9.17) is 0 Å². The van der Waals surface area contributed by atoms with E-state index in [1.807, 2.05) is 51.1 Å². The molecule has 0 heterocycles. The van der Waals surface area contributed by atoms with Crippen LogP contribution in [0.3, 0.4) is 0 Å². The molecule has 0 aromatic heterocycles. The Hall–Kier alpha value is -2.86. The maximum Gasteiger partial charge on any atom is 0.241 e. The van der Waals surface area contributed by atoms with E-state index in [2.05, 4.69) is 24.4 Å². The van der Waals surface area contributed by atoms with Crippen LogP contribution in [0.4, 0.5) is 5.69 Å². The lowest BCUT2D eigenvalue weighted by Crippen LogP contribution is -2.41. The van der Waals surface area contributed by atoms with Gasteiger partial charge in [0.1, 0.15) is 6.54 Å². The van der Waals surface area contributed by atoms with Crippen molar-refractivity contribution in [2.24, 2.45) is 0 Å². The van der Waals surface area contributed by atoms with Gasteiger partial charge in [-0.3, -0.25) is 9.10 Å². The van der Waals surface area contributed by atoms with E-state index in [1.165, 1.54) is 9.87 Å². The van der Waals surface area contributed by atoms with Crippen molar-refractivity contribution in [3.8, 4) is 0 Å². The standard InChI is InChI=1S/C24H28N2O3S/c1-16-13-18(3)22(14-17(16)2)19(4)25-24(27)15-26(30(5,28)29)23-12-8-10-20-9-6-7-11-21(20)23/h6-14,19H,15H2,1-5H3,(H,25,27)/t19-/m1/s1. The molecule has 0 fully saturated rings. The fourth-order valence-electron chi connectivity index (χ4n) is 3.75. The van der Waals surface area contributed by atoms with Crippen molar-refractivity contribution >= 4 is 32.4 Å². The number of hydrogen-bond donors (Lipinski definition) is 1. The predicted molar refractivity (Wildman–Crippen MR) is 123 cm³/mol. The number of nitrogens with zero attached hydrogens (tertiary/aromatic N) is 1. The largest absolute Gasteiger partial charge is 0.348 e. The SMILES string of the molecule is Cc1cc(C)c([C@@H](C)NC(=O)CN(c2cccc3ccccc23)S(C)(=O)=O)cc1C. The molecule has 0 aliphatic rings. The molecule has 0 unspecified atom stereocenters. The minimum absolute atomic E-state index is 0.231. The van der Waals surface area contributed by atoms with E-state index in [9.17, 15) is 13.2 Å². The van der Waals surface area contributed by atoms with E-state index in [0.717, 1.165) is 33.7 Å². The van der Waals surface area contributed by atoms with Gasteiger partial charge >= 0.3 is 0 Å². The minimum atomic E-state index is -3.65. The average Bonchev–Trinajstić information content (AvgIpc) is 2.67. The quantitative estimate of drug-likeness (QED) is 0.637. The van der Waals surface area contributed by atoms with Crippen LogP contribution < -0.4 is 9.62 Å². The zero-order valence-electron chi connectivity index (χ0n) is 18.1. The van der Waals surface area contributed by atoms with E-state index < -0.39 is 10.0 Å². The van der Waals surface area contributed by atoms with Crippen molar-refractivity contribution in [2.45, 2.75) is 33.7 Å². The van der Waals surface area contributed by atoms with Gasteiger partial charge in [0, 0.05) is 5.39 Å². The van der Waals surface area contributed by atoms with Crippen LogP contribution in [0.2, 0.25) is 0 Å². The number of fused-ring (bicyclic) bond motifs is 1. The first-order valence-electron chi connectivity index (χ1n) is 9.90.